The van der Waals surface area contributed by atoms with Crippen molar-refractivity contribution < 1.29 is 4.79 Å². The summed E-state index contributed by atoms with van der Waals surface area (Å²) in [6.07, 6.45) is 5.28. The van der Waals surface area contributed by atoms with Crippen LogP contribution in [0.5, 0.6) is 0 Å². The summed E-state index contributed by atoms with van der Waals surface area (Å²) in [5.41, 5.74) is 1.54. The Bertz CT molecular complexity index is 1250. The van der Waals surface area contributed by atoms with Gasteiger partial charge >= 0.3 is 6.03 Å². The van der Waals surface area contributed by atoms with Crippen LogP contribution in [-0.4, -0.2) is 37.5 Å². The van der Waals surface area contributed by atoms with Crippen molar-refractivity contribution in [3.63, 3.8) is 0 Å². The van der Waals surface area contributed by atoms with E-state index in [4.69, 9.17) is 0 Å². The van der Waals surface area contributed by atoms with Crippen molar-refractivity contribution in [2.24, 2.45) is 0 Å². The lowest BCUT2D eigenvalue weighted by Crippen LogP contribution is -2.28. The lowest BCUT2D eigenvalue weighted by atomic mass is 10.2. The number of thiazole rings is 1. The number of amides is 2. The van der Waals surface area contributed by atoms with Gasteiger partial charge in [0.05, 0.1) is 0 Å². The van der Waals surface area contributed by atoms with Crippen LogP contribution in [0.3, 0.4) is 0 Å². The summed E-state index contributed by atoms with van der Waals surface area (Å²) >= 11 is 2.98. The van der Waals surface area contributed by atoms with Crippen molar-refractivity contribution in [2.75, 3.05) is 17.2 Å². The number of carbonyl (C=O) groups is 1. The van der Waals surface area contributed by atoms with E-state index in [0.717, 1.165) is 15.6 Å². The highest BCUT2D eigenvalue weighted by Crippen LogP contribution is 2.30. The van der Waals surface area contributed by atoms with Crippen LogP contribution in [0, 0.1) is 0 Å². The molecule has 0 aliphatic heterocycles. The van der Waals surface area contributed by atoms with Crippen LogP contribution in [0.2, 0.25) is 0 Å². The van der Waals surface area contributed by atoms with Crippen LogP contribution in [0.15, 0.2) is 65.0 Å². The second kappa shape index (κ2) is 11.0. The van der Waals surface area contributed by atoms with Crippen LogP contribution in [-0.2, 0) is 0 Å². The molecule has 2 amide bonds. The van der Waals surface area contributed by atoms with E-state index < -0.39 is 0 Å². The smallest absolute Gasteiger partial charge is 0.319 e. The molecule has 174 valence electrons. The monoisotopic (exact) mass is 492 g/mol. The number of hydrogen-bond donors (Lipinski definition) is 3. The van der Waals surface area contributed by atoms with Gasteiger partial charge < -0.3 is 10.6 Å². The van der Waals surface area contributed by atoms with Crippen LogP contribution in [0.4, 0.5) is 21.6 Å². The first-order valence-electron chi connectivity index (χ1n) is 10.7. The molecule has 0 aliphatic rings. The van der Waals surface area contributed by atoms with E-state index >= 15 is 0 Å². The Balaban J connectivity index is 1.58. The highest BCUT2D eigenvalue weighted by molar-refractivity contribution is 7.99. The molecule has 0 radical (unpaired) electrons. The third-order valence-electron chi connectivity index (χ3n) is 4.52. The number of benzene rings is 1. The fraction of sp³-hybridized carbons (Fsp3) is 0.217. The predicted molar refractivity (Wildman–Crippen MR) is 136 cm³/mol. The molecule has 3 heterocycles. The zero-order valence-corrected chi connectivity index (χ0v) is 20.6. The van der Waals surface area contributed by atoms with E-state index in [-0.39, 0.29) is 6.03 Å². The number of anilines is 3. The topological polar surface area (TPSA) is 118 Å². The van der Waals surface area contributed by atoms with Crippen molar-refractivity contribution in [2.45, 2.75) is 36.7 Å². The molecule has 0 unspecified atom stereocenters. The molecule has 3 N–H and O–H groups in total. The van der Waals surface area contributed by atoms with Gasteiger partial charge in [-0.3, -0.25) is 10.3 Å². The molecule has 0 bridgehead atoms. The SMILES string of the molecule is CCNC(=O)Nc1ccc(Sc2nc(Nc3ncc(C(C)C)s3)nc(-c3ccncc3)n2)cc1. The second-order valence-corrected chi connectivity index (χ2v) is 9.56. The molecule has 4 aromatic rings. The molecule has 1 aromatic carbocycles. The third-order valence-corrected chi connectivity index (χ3v) is 6.61. The lowest BCUT2D eigenvalue weighted by Gasteiger charge is -2.09. The highest BCUT2D eigenvalue weighted by atomic mass is 32.2. The van der Waals surface area contributed by atoms with Gasteiger partial charge in [0, 0.05) is 46.2 Å². The van der Waals surface area contributed by atoms with Crippen molar-refractivity contribution in [3.8, 4) is 11.4 Å². The maximum atomic E-state index is 11.7. The summed E-state index contributed by atoms with van der Waals surface area (Å²) in [6.45, 7) is 6.70. The van der Waals surface area contributed by atoms with Crippen molar-refractivity contribution in [1.82, 2.24) is 30.2 Å². The van der Waals surface area contributed by atoms with Crippen molar-refractivity contribution in [3.05, 3.63) is 59.9 Å². The summed E-state index contributed by atoms with van der Waals surface area (Å²) in [6, 6.07) is 11.0. The zero-order valence-electron chi connectivity index (χ0n) is 18.9. The number of urea groups is 1. The summed E-state index contributed by atoms with van der Waals surface area (Å²) in [5.74, 6) is 1.36. The Morgan fingerprint density at radius 2 is 1.82 bits per heavy atom. The molecule has 3 aromatic heterocycles. The standard InChI is InChI=1S/C23H24N8OS2/c1-4-25-21(32)27-16-5-7-17(8-6-16)33-23-29-19(15-9-11-24-12-10-15)28-20(31-23)30-22-26-13-18(34-22)14(2)3/h5-14H,4H2,1-3H3,(H2,25,27,32)(H,26,28,29,30,31). The molecule has 4 rings (SSSR count). The molecule has 0 saturated carbocycles. The van der Waals surface area contributed by atoms with Gasteiger partial charge in [-0.1, -0.05) is 13.8 Å². The molecule has 0 spiro atoms. The average Bonchev–Trinajstić information content (AvgIpc) is 3.30. The Morgan fingerprint density at radius 3 is 2.50 bits per heavy atom. The first-order chi connectivity index (χ1) is 16.5. The van der Waals surface area contributed by atoms with E-state index in [1.165, 1.54) is 16.6 Å². The quantitative estimate of drug-likeness (QED) is 0.293. The van der Waals surface area contributed by atoms with E-state index in [9.17, 15) is 4.79 Å². The molecule has 0 aliphatic carbocycles. The molecule has 0 saturated heterocycles. The maximum Gasteiger partial charge on any atom is 0.319 e. The average molecular weight is 493 g/mol. The van der Waals surface area contributed by atoms with Crippen molar-refractivity contribution >= 4 is 45.9 Å². The van der Waals surface area contributed by atoms with Gasteiger partial charge in [-0.15, -0.1) is 11.3 Å². The lowest BCUT2D eigenvalue weighted by molar-refractivity contribution is 0.252. The summed E-state index contributed by atoms with van der Waals surface area (Å²) in [5, 5.41) is 9.98. The number of aromatic nitrogens is 5. The van der Waals surface area contributed by atoms with Crippen LogP contribution in [0.25, 0.3) is 11.4 Å². The number of nitrogens with one attached hydrogen (secondary N) is 3. The molecule has 34 heavy (non-hydrogen) atoms. The second-order valence-electron chi connectivity index (χ2n) is 7.46. The number of nitrogens with zero attached hydrogens (tertiary/aromatic N) is 5. The maximum absolute atomic E-state index is 11.7. The van der Waals surface area contributed by atoms with Gasteiger partial charge in [-0.25, -0.2) is 14.8 Å². The molecular formula is C23H24N8OS2. The Labute approximate surface area is 205 Å². The van der Waals surface area contributed by atoms with Crippen LogP contribution < -0.4 is 16.0 Å². The van der Waals surface area contributed by atoms with Gasteiger partial charge in [-0.05, 0) is 61.0 Å². The van der Waals surface area contributed by atoms with E-state index in [1.54, 1.807) is 23.7 Å². The fourth-order valence-electron chi connectivity index (χ4n) is 2.84. The molecule has 0 fully saturated rings. The normalized spacial score (nSPS) is 10.8. The van der Waals surface area contributed by atoms with Crippen molar-refractivity contribution in [1.29, 1.82) is 0 Å². The predicted octanol–water partition coefficient (Wildman–Crippen LogP) is 5.55. The number of hydrogen-bond acceptors (Lipinski definition) is 9. The highest BCUT2D eigenvalue weighted by Gasteiger charge is 2.13. The van der Waals surface area contributed by atoms with Gasteiger partial charge in [0.2, 0.25) is 5.95 Å². The summed E-state index contributed by atoms with van der Waals surface area (Å²) < 4.78 is 0. The minimum atomic E-state index is -0.235. The number of pyridine rings is 1. The van der Waals surface area contributed by atoms with Gasteiger partial charge in [0.25, 0.3) is 0 Å². The summed E-state index contributed by atoms with van der Waals surface area (Å²) in [4.78, 5) is 36.2. The van der Waals surface area contributed by atoms with E-state index in [1.807, 2.05) is 49.5 Å². The fourth-order valence-corrected chi connectivity index (χ4v) is 4.40. The minimum absolute atomic E-state index is 0.235. The first-order valence-corrected chi connectivity index (χ1v) is 12.4. The molecule has 0 atom stereocenters. The number of rotatable bonds is 8. The van der Waals surface area contributed by atoms with Gasteiger partial charge in [-0.2, -0.15) is 9.97 Å². The van der Waals surface area contributed by atoms with E-state index in [2.05, 4.69) is 54.7 Å². The van der Waals surface area contributed by atoms with Crippen LogP contribution in [0.1, 0.15) is 31.6 Å². The molecule has 9 nitrogen and oxygen atoms in total. The molecule has 11 heteroatoms. The van der Waals surface area contributed by atoms with E-state index in [0.29, 0.717) is 35.1 Å². The molecular weight excluding hydrogens is 468 g/mol. The van der Waals surface area contributed by atoms with Gasteiger partial charge in [0.15, 0.2) is 16.1 Å². The largest absolute Gasteiger partial charge is 0.338 e. The minimum Gasteiger partial charge on any atom is -0.338 e. The van der Waals surface area contributed by atoms with Crippen LogP contribution >= 0.6 is 23.1 Å². The Hall–Kier alpha value is -3.57. The zero-order chi connectivity index (χ0) is 23.9. The summed E-state index contributed by atoms with van der Waals surface area (Å²) in [7, 11) is 0. The van der Waals surface area contributed by atoms with Gasteiger partial charge in [0.1, 0.15) is 0 Å². The number of carbonyl (C=O) groups excluding carboxylic acids is 1. The third kappa shape index (κ3) is 6.27. The Morgan fingerprint density at radius 1 is 1.06 bits per heavy atom. The Kier molecular flexibility index (Phi) is 7.65. The first kappa shape index (κ1) is 23.6.